The zero-order valence-corrected chi connectivity index (χ0v) is 13.3. The van der Waals surface area contributed by atoms with Crippen LogP contribution in [-0.4, -0.2) is 11.7 Å². The molecule has 0 fully saturated rings. The number of hydrogen-bond acceptors (Lipinski definition) is 3. The predicted molar refractivity (Wildman–Crippen MR) is 81.4 cm³/mol. The largest absolute Gasteiger partial charge is 0.443 e. The Balaban J connectivity index is 2.42. The summed E-state index contributed by atoms with van der Waals surface area (Å²) in [6.45, 7) is 12.6. The molecule has 0 unspecified atom stereocenters. The number of carbonyl (C=O) groups is 1. The molecule has 1 amide bonds. The van der Waals surface area contributed by atoms with Crippen molar-refractivity contribution in [3.8, 4) is 0 Å². The minimum Gasteiger partial charge on any atom is -0.443 e. The van der Waals surface area contributed by atoms with E-state index in [1.165, 1.54) is 5.56 Å². The van der Waals surface area contributed by atoms with Crippen LogP contribution in [-0.2, 0) is 16.7 Å². The van der Waals surface area contributed by atoms with Crippen LogP contribution in [0.15, 0.2) is 24.3 Å². The van der Waals surface area contributed by atoms with Crippen molar-refractivity contribution in [1.29, 1.82) is 0 Å². The summed E-state index contributed by atoms with van der Waals surface area (Å²) in [5.74, 6) is 0. The van der Waals surface area contributed by atoms with Crippen LogP contribution in [0.25, 0.3) is 0 Å². The van der Waals surface area contributed by atoms with Gasteiger partial charge in [-0.3, -0.25) is 5.43 Å². The first kappa shape index (κ1) is 16.5. The van der Waals surface area contributed by atoms with Crippen LogP contribution >= 0.6 is 0 Å². The van der Waals surface area contributed by atoms with Gasteiger partial charge in [-0.25, -0.2) is 10.2 Å². The van der Waals surface area contributed by atoms with E-state index in [-0.39, 0.29) is 5.41 Å². The summed E-state index contributed by atoms with van der Waals surface area (Å²) >= 11 is 0. The molecule has 0 aliphatic rings. The third kappa shape index (κ3) is 6.06. The molecule has 4 heteroatoms. The van der Waals surface area contributed by atoms with Gasteiger partial charge in [0, 0.05) is 6.54 Å². The third-order valence-corrected chi connectivity index (χ3v) is 2.70. The second-order valence-corrected chi connectivity index (χ2v) is 6.93. The Bertz CT molecular complexity index is 439. The van der Waals surface area contributed by atoms with Crippen molar-refractivity contribution < 1.29 is 9.53 Å². The molecule has 0 atom stereocenters. The number of amides is 1. The number of benzene rings is 1. The van der Waals surface area contributed by atoms with E-state index in [1.807, 2.05) is 20.8 Å². The molecular formula is C16H26N2O2. The molecule has 0 aliphatic carbocycles. The number of hydrogen-bond donors (Lipinski definition) is 2. The molecule has 1 aromatic rings. The summed E-state index contributed by atoms with van der Waals surface area (Å²) in [7, 11) is 0. The molecule has 1 aromatic carbocycles. The molecule has 0 aliphatic heterocycles. The molecule has 0 heterocycles. The van der Waals surface area contributed by atoms with Gasteiger partial charge in [0.15, 0.2) is 0 Å². The molecule has 0 saturated carbocycles. The van der Waals surface area contributed by atoms with Crippen molar-refractivity contribution in [3.63, 3.8) is 0 Å². The van der Waals surface area contributed by atoms with E-state index in [0.29, 0.717) is 6.54 Å². The second-order valence-electron chi connectivity index (χ2n) is 6.93. The molecule has 0 bridgehead atoms. The first-order chi connectivity index (χ1) is 9.08. The summed E-state index contributed by atoms with van der Waals surface area (Å²) in [4.78, 5) is 11.4. The molecular weight excluding hydrogens is 252 g/mol. The molecule has 20 heavy (non-hydrogen) atoms. The lowest BCUT2D eigenvalue weighted by molar-refractivity contribution is 0.0497. The van der Waals surface area contributed by atoms with Gasteiger partial charge in [-0.1, -0.05) is 45.0 Å². The van der Waals surface area contributed by atoms with Crippen molar-refractivity contribution in [1.82, 2.24) is 10.9 Å². The smallest absolute Gasteiger partial charge is 0.422 e. The monoisotopic (exact) mass is 278 g/mol. The topological polar surface area (TPSA) is 50.4 Å². The van der Waals surface area contributed by atoms with E-state index in [4.69, 9.17) is 4.74 Å². The van der Waals surface area contributed by atoms with Gasteiger partial charge in [-0.15, -0.1) is 0 Å². The summed E-state index contributed by atoms with van der Waals surface area (Å²) in [5, 5.41) is 0. The average Bonchev–Trinajstić information content (AvgIpc) is 2.26. The van der Waals surface area contributed by atoms with E-state index in [1.54, 1.807) is 0 Å². The maximum absolute atomic E-state index is 11.4. The van der Waals surface area contributed by atoms with Gasteiger partial charge in [-0.2, -0.15) is 0 Å². The van der Waals surface area contributed by atoms with Crippen LogP contribution < -0.4 is 10.9 Å². The fourth-order valence-electron chi connectivity index (χ4n) is 1.64. The lowest BCUT2D eigenvalue weighted by Crippen LogP contribution is -2.40. The highest BCUT2D eigenvalue weighted by atomic mass is 16.6. The van der Waals surface area contributed by atoms with Crippen molar-refractivity contribution in [3.05, 3.63) is 35.4 Å². The number of hydrazine groups is 1. The van der Waals surface area contributed by atoms with Gasteiger partial charge in [0.2, 0.25) is 0 Å². The normalized spacial score (nSPS) is 12.1. The third-order valence-electron chi connectivity index (χ3n) is 2.70. The van der Waals surface area contributed by atoms with Gasteiger partial charge >= 0.3 is 6.09 Å². The molecule has 0 aromatic heterocycles. The Hall–Kier alpha value is -1.55. The zero-order valence-electron chi connectivity index (χ0n) is 13.3. The van der Waals surface area contributed by atoms with Crippen molar-refractivity contribution in [2.24, 2.45) is 0 Å². The zero-order chi connectivity index (χ0) is 15.4. The molecule has 0 saturated heterocycles. The SMILES string of the molecule is CC(C)(C)OC(=O)NNCc1ccc(C(C)(C)C)cc1. The maximum atomic E-state index is 11.4. The minimum atomic E-state index is -0.486. The minimum absolute atomic E-state index is 0.153. The summed E-state index contributed by atoms with van der Waals surface area (Å²) < 4.78 is 5.13. The van der Waals surface area contributed by atoms with Gasteiger partial charge in [0.25, 0.3) is 0 Å². The van der Waals surface area contributed by atoms with Crippen LogP contribution in [0.5, 0.6) is 0 Å². The fraction of sp³-hybridized carbons (Fsp3) is 0.562. The van der Waals surface area contributed by atoms with Crippen molar-refractivity contribution in [2.45, 2.75) is 59.1 Å². The predicted octanol–water partition coefficient (Wildman–Crippen LogP) is 3.51. The van der Waals surface area contributed by atoms with E-state index in [2.05, 4.69) is 55.9 Å². The van der Waals surface area contributed by atoms with E-state index in [0.717, 1.165) is 5.56 Å². The van der Waals surface area contributed by atoms with Crippen LogP contribution in [0.4, 0.5) is 4.79 Å². The Morgan fingerprint density at radius 2 is 1.60 bits per heavy atom. The Morgan fingerprint density at radius 1 is 1.05 bits per heavy atom. The Labute approximate surface area is 121 Å². The average molecular weight is 278 g/mol. The van der Waals surface area contributed by atoms with Gasteiger partial charge < -0.3 is 4.74 Å². The molecule has 0 spiro atoms. The first-order valence-electron chi connectivity index (χ1n) is 6.89. The highest BCUT2D eigenvalue weighted by Gasteiger charge is 2.15. The summed E-state index contributed by atoms with van der Waals surface area (Å²) in [5.41, 5.74) is 7.45. The lowest BCUT2D eigenvalue weighted by Gasteiger charge is -2.20. The van der Waals surface area contributed by atoms with Crippen LogP contribution in [0.3, 0.4) is 0 Å². The van der Waals surface area contributed by atoms with Crippen LogP contribution in [0, 0.1) is 0 Å². The highest BCUT2D eigenvalue weighted by Crippen LogP contribution is 2.22. The number of ether oxygens (including phenoxy) is 1. The summed E-state index contributed by atoms with van der Waals surface area (Å²) in [6.07, 6.45) is -0.469. The Kier molecular flexibility index (Phi) is 5.17. The number of nitrogens with one attached hydrogen (secondary N) is 2. The van der Waals surface area contributed by atoms with Gasteiger partial charge in [0.1, 0.15) is 5.60 Å². The quantitative estimate of drug-likeness (QED) is 0.832. The molecule has 1 rings (SSSR count). The first-order valence-corrected chi connectivity index (χ1v) is 6.89. The second kappa shape index (κ2) is 6.27. The van der Waals surface area contributed by atoms with Gasteiger partial charge in [-0.05, 0) is 37.3 Å². The highest BCUT2D eigenvalue weighted by molar-refractivity contribution is 5.66. The molecule has 0 radical (unpaired) electrons. The molecule has 4 nitrogen and oxygen atoms in total. The van der Waals surface area contributed by atoms with Crippen molar-refractivity contribution in [2.75, 3.05) is 0 Å². The standard InChI is InChI=1S/C16H26N2O2/c1-15(2,3)13-9-7-12(8-10-13)11-17-18-14(19)20-16(4,5)6/h7-10,17H,11H2,1-6H3,(H,18,19). The van der Waals surface area contributed by atoms with Crippen LogP contribution in [0.1, 0.15) is 52.7 Å². The van der Waals surface area contributed by atoms with E-state index >= 15 is 0 Å². The lowest BCUT2D eigenvalue weighted by atomic mass is 9.87. The van der Waals surface area contributed by atoms with Crippen molar-refractivity contribution >= 4 is 6.09 Å². The van der Waals surface area contributed by atoms with E-state index in [9.17, 15) is 4.79 Å². The Morgan fingerprint density at radius 3 is 2.05 bits per heavy atom. The van der Waals surface area contributed by atoms with Gasteiger partial charge in [0.05, 0.1) is 0 Å². The van der Waals surface area contributed by atoms with Crippen LogP contribution in [0.2, 0.25) is 0 Å². The molecule has 112 valence electrons. The molecule has 2 N–H and O–H groups in total. The number of carbonyl (C=O) groups excluding carboxylic acids is 1. The maximum Gasteiger partial charge on any atom is 0.422 e. The summed E-state index contributed by atoms with van der Waals surface area (Å²) in [6, 6.07) is 8.35. The fourth-order valence-corrected chi connectivity index (χ4v) is 1.64. The number of rotatable bonds is 3. The van der Waals surface area contributed by atoms with E-state index < -0.39 is 11.7 Å².